The van der Waals surface area contributed by atoms with Crippen molar-refractivity contribution in [1.82, 2.24) is 0 Å². The SMILES string of the molecule is CC1=NOC(=O)/C1=C/c1ccc(OCc2ccc(F)cc2)c(Cl)c1. The summed E-state index contributed by atoms with van der Waals surface area (Å²) in [5.74, 6) is -0.277. The van der Waals surface area contributed by atoms with Crippen LogP contribution in [0.25, 0.3) is 6.08 Å². The number of ether oxygens (including phenoxy) is 1. The average molecular weight is 346 g/mol. The molecule has 4 nitrogen and oxygen atoms in total. The van der Waals surface area contributed by atoms with E-state index in [2.05, 4.69) is 9.99 Å². The first-order valence-electron chi connectivity index (χ1n) is 7.18. The Hall–Kier alpha value is -2.66. The molecule has 122 valence electrons. The lowest BCUT2D eigenvalue weighted by atomic mass is 10.1. The number of carbonyl (C=O) groups excluding carboxylic acids is 1. The molecule has 0 atom stereocenters. The van der Waals surface area contributed by atoms with Gasteiger partial charge in [0.2, 0.25) is 0 Å². The molecule has 0 bridgehead atoms. The summed E-state index contributed by atoms with van der Waals surface area (Å²) in [4.78, 5) is 16.1. The summed E-state index contributed by atoms with van der Waals surface area (Å²) in [6.07, 6.45) is 1.66. The number of carbonyl (C=O) groups is 1. The van der Waals surface area contributed by atoms with E-state index in [4.69, 9.17) is 16.3 Å². The Bertz CT molecular complexity index is 844. The van der Waals surface area contributed by atoms with Crippen LogP contribution in [0.2, 0.25) is 5.02 Å². The molecule has 1 aliphatic heterocycles. The zero-order valence-corrected chi connectivity index (χ0v) is 13.5. The monoisotopic (exact) mass is 345 g/mol. The highest BCUT2D eigenvalue weighted by Gasteiger charge is 2.21. The van der Waals surface area contributed by atoms with Crippen LogP contribution in [-0.4, -0.2) is 11.7 Å². The van der Waals surface area contributed by atoms with Crippen LogP contribution in [0, 0.1) is 5.82 Å². The molecule has 0 fully saturated rings. The van der Waals surface area contributed by atoms with E-state index in [9.17, 15) is 9.18 Å². The van der Waals surface area contributed by atoms with Crippen LogP contribution in [0.1, 0.15) is 18.1 Å². The first-order chi connectivity index (χ1) is 11.5. The summed E-state index contributed by atoms with van der Waals surface area (Å²) in [5.41, 5.74) is 2.48. The van der Waals surface area contributed by atoms with E-state index in [1.54, 1.807) is 43.3 Å². The molecule has 2 aromatic carbocycles. The van der Waals surface area contributed by atoms with Crippen molar-refractivity contribution < 1.29 is 18.8 Å². The van der Waals surface area contributed by atoms with E-state index in [-0.39, 0.29) is 12.4 Å². The van der Waals surface area contributed by atoms with Gasteiger partial charge < -0.3 is 9.57 Å². The third kappa shape index (κ3) is 3.63. The minimum Gasteiger partial charge on any atom is -0.487 e. The van der Waals surface area contributed by atoms with Crippen LogP contribution in [0.3, 0.4) is 0 Å². The van der Waals surface area contributed by atoms with Gasteiger partial charge in [0, 0.05) is 0 Å². The number of hydrogen-bond acceptors (Lipinski definition) is 4. The van der Waals surface area contributed by atoms with Crippen molar-refractivity contribution in [2.24, 2.45) is 5.16 Å². The zero-order valence-electron chi connectivity index (χ0n) is 12.8. The average Bonchev–Trinajstić information content (AvgIpc) is 2.87. The molecule has 0 saturated carbocycles. The largest absolute Gasteiger partial charge is 0.487 e. The Morgan fingerprint density at radius 2 is 2.00 bits per heavy atom. The van der Waals surface area contributed by atoms with Gasteiger partial charge in [-0.2, -0.15) is 0 Å². The van der Waals surface area contributed by atoms with Crippen LogP contribution < -0.4 is 4.74 Å². The van der Waals surface area contributed by atoms with Crippen molar-refractivity contribution >= 4 is 29.4 Å². The fourth-order valence-electron chi connectivity index (χ4n) is 2.15. The molecule has 0 spiro atoms. The lowest BCUT2D eigenvalue weighted by molar-refractivity contribution is -0.136. The van der Waals surface area contributed by atoms with Gasteiger partial charge in [-0.25, -0.2) is 9.18 Å². The van der Waals surface area contributed by atoms with Crippen molar-refractivity contribution in [2.45, 2.75) is 13.5 Å². The second kappa shape index (κ2) is 6.84. The van der Waals surface area contributed by atoms with Crippen molar-refractivity contribution in [3.63, 3.8) is 0 Å². The second-order valence-electron chi connectivity index (χ2n) is 5.22. The molecule has 0 amide bonds. The first kappa shape index (κ1) is 16.2. The van der Waals surface area contributed by atoms with Gasteiger partial charge in [-0.1, -0.05) is 35.0 Å². The van der Waals surface area contributed by atoms with Crippen molar-refractivity contribution in [3.05, 3.63) is 70.0 Å². The minimum absolute atomic E-state index is 0.276. The molecule has 3 rings (SSSR count). The van der Waals surface area contributed by atoms with E-state index in [0.29, 0.717) is 22.1 Å². The van der Waals surface area contributed by atoms with Crippen LogP contribution in [0.15, 0.2) is 53.2 Å². The van der Waals surface area contributed by atoms with Crippen molar-refractivity contribution in [3.8, 4) is 5.75 Å². The first-order valence-corrected chi connectivity index (χ1v) is 7.55. The third-order valence-corrected chi connectivity index (χ3v) is 3.75. The summed E-state index contributed by atoms with van der Waals surface area (Å²) >= 11 is 6.22. The summed E-state index contributed by atoms with van der Waals surface area (Å²) in [6.45, 7) is 1.97. The normalized spacial score (nSPS) is 15.4. The molecule has 0 aliphatic carbocycles. The van der Waals surface area contributed by atoms with E-state index in [1.165, 1.54) is 12.1 Å². The van der Waals surface area contributed by atoms with Crippen LogP contribution in [0.4, 0.5) is 4.39 Å². The van der Waals surface area contributed by atoms with Crippen LogP contribution >= 0.6 is 11.6 Å². The molecule has 1 aliphatic rings. The topological polar surface area (TPSA) is 47.9 Å². The number of benzene rings is 2. The lowest BCUT2D eigenvalue weighted by Crippen LogP contribution is -2.01. The molecule has 0 N–H and O–H groups in total. The predicted molar refractivity (Wildman–Crippen MR) is 89.4 cm³/mol. The molecule has 0 unspecified atom stereocenters. The number of halogens is 2. The second-order valence-corrected chi connectivity index (χ2v) is 5.63. The van der Waals surface area contributed by atoms with Crippen molar-refractivity contribution in [1.29, 1.82) is 0 Å². The molecule has 0 radical (unpaired) electrons. The van der Waals surface area contributed by atoms with E-state index in [1.807, 2.05) is 0 Å². The highest BCUT2D eigenvalue weighted by Crippen LogP contribution is 2.28. The van der Waals surface area contributed by atoms with Gasteiger partial charge in [-0.15, -0.1) is 0 Å². The van der Waals surface area contributed by atoms with Gasteiger partial charge in [0.25, 0.3) is 0 Å². The fourth-order valence-corrected chi connectivity index (χ4v) is 2.40. The smallest absolute Gasteiger partial charge is 0.367 e. The molecule has 1 heterocycles. The fraction of sp³-hybridized carbons (Fsp3) is 0.111. The molecular formula is C18H13ClFNO3. The van der Waals surface area contributed by atoms with Crippen LogP contribution in [0.5, 0.6) is 5.75 Å². The molecule has 24 heavy (non-hydrogen) atoms. The summed E-state index contributed by atoms with van der Waals surface area (Å²) < 4.78 is 18.5. The summed E-state index contributed by atoms with van der Waals surface area (Å²) in [5, 5.41) is 4.03. The van der Waals surface area contributed by atoms with Gasteiger partial charge in [0.1, 0.15) is 18.2 Å². The molecule has 6 heteroatoms. The highest BCUT2D eigenvalue weighted by molar-refractivity contribution is 6.32. The van der Waals surface area contributed by atoms with E-state index in [0.717, 1.165) is 11.1 Å². The summed E-state index contributed by atoms with van der Waals surface area (Å²) in [6, 6.07) is 11.2. The van der Waals surface area contributed by atoms with Gasteiger partial charge in [0.15, 0.2) is 0 Å². The zero-order chi connectivity index (χ0) is 17.1. The standard InChI is InChI=1S/C18H13ClFNO3/c1-11-15(18(22)24-21-11)8-13-4-7-17(16(19)9-13)23-10-12-2-5-14(20)6-3-12/h2-9H,10H2,1H3/b15-8+. The lowest BCUT2D eigenvalue weighted by Gasteiger charge is -2.09. The molecule has 0 saturated heterocycles. The predicted octanol–water partition coefficient (Wildman–Crippen LogP) is 4.37. The quantitative estimate of drug-likeness (QED) is 0.610. The van der Waals surface area contributed by atoms with Gasteiger partial charge in [-0.05, 0) is 48.4 Å². The minimum atomic E-state index is -0.486. The number of nitrogens with zero attached hydrogens (tertiary/aromatic N) is 1. The number of rotatable bonds is 4. The Morgan fingerprint density at radius 3 is 2.62 bits per heavy atom. The third-order valence-electron chi connectivity index (χ3n) is 3.45. The molecular weight excluding hydrogens is 333 g/mol. The number of oxime groups is 1. The maximum Gasteiger partial charge on any atom is 0.367 e. The Labute approximate surface area is 143 Å². The van der Waals surface area contributed by atoms with E-state index < -0.39 is 5.97 Å². The Kier molecular flexibility index (Phi) is 4.62. The number of hydrogen-bond donors (Lipinski definition) is 0. The Morgan fingerprint density at radius 1 is 1.25 bits per heavy atom. The van der Waals surface area contributed by atoms with Crippen LogP contribution in [-0.2, 0) is 16.2 Å². The van der Waals surface area contributed by atoms with Crippen molar-refractivity contribution in [2.75, 3.05) is 0 Å². The molecule has 0 aromatic heterocycles. The van der Waals surface area contributed by atoms with Gasteiger partial charge >= 0.3 is 5.97 Å². The molecule has 2 aromatic rings. The summed E-state index contributed by atoms with van der Waals surface area (Å²) in [7, 11) is 0. The maximum absolute atomic E-state index is 12.9. The van der Waals surface area contributed by atoms with Gasteiger partial charge in [0.05, 0.1) is 16.3 Å². The van der Waals surface area contributed by atoms with Gasteiger partial charge in [-0.3, -0.25) is 0 Å². The maximum atomic E-state index is 12.9. The van der Waals surface area contributed by atoms with E-state index >= 15 is 0 Å². The Balaban J connectivity index is 1.73. The highest BCUT2D eigenvalue weighted by atomic mass is 35.5.